The molecule has 0 unspecified atom stereocenters. The minimum atomic E-state index is 1.17. The van der Waals surface area contributed by atoms with Crippen molar-refractivity contribution in [2.45, 2.75) is 0 Å². The van der Waals surface area contributed by atoms with Crippen LogP contribution in [0.25, 0.3) is 124 Å². The first-order chi connectivity index (χ1) is 28.8. The number of hydrogen-bond donors (Lipinski definition) is 0. The van der Waals surface area contributed by atoms with Gasteiger partial charge in [-0.1, -0.05) is 152 Å². The smallest absolute Gasteiger partial charge is 0.0626 e. The van der Waals surface area contributed by atoms with Crippen molar-refractivity contribution in [3.05, 3.63) is 200 Å². The number of benzene rings is 11. The molecule has 11 aromatic carbocycles. The Bertz CT molecular complexity index is 3840. The highest BCUT2D eigenvalue weighted by Crippen LogP contribution is 2.46. The fourth-order valence-electron chi connectivity index (χ4n) is 9.94. The monoisotopic (exact) mass is 751 g/mol. The van der Waals surface area contributed by atoms with Crippen LogP contribution in [0.5, 0.6) is 0 Å². The molecule has 0 atom stereocenters. The molecular formula is C56H33NS. The number of thiophene rings is 1. The fourth-order valence-corrected chi connectivity index (χ4v) is 11.0. The van der Waals surface area contributed by atoms with Gasteiger partial charge in [0.15, 0.2) is 0 Å². The highest BCUT2D eigenvalue weighted by Gasteiger charge is 2.21. The van der Waals surface area contributed by atoms with Gasteiger partial charge in [0.25, 0.3) is 0 Å². The molecule has 0 amide bonds. The second-order valence-electron chi connectivity index (χ2n) is 15.6. The molecule has 268 valence electrons. The van der Waals surface area contributed by atoms with Crippen LogP contribution in [0.15, 0.2) is 200 Å². The average Bonchev–Trinajstić information content (AvgIpc) is 3.84. The van der Waals surface area contributed by atoms with E-state index in [0.29, 0.717) is 0 Å². The molecule has 0 bridgehead atoms. The molecule has 58 heavy (non-hydrogen) atoms. The van der Waals surface area contributed by atoms with Gasteiger partial charge in [-0.15, -0.1) is 11.3 Å². The first kappa shape index (κ1) is 31.9. The second-order valence-corrected chi connectivity index (χ2v) is 16.7. The SMILES string of the molecule is c1ccc(-n2c3ccc4ccccc4c3c3ccc4c5ccccc5c5cc(-c6ccc7sc8ccc(-c9cccc%10ccccc9%10)cc8c7c6)ccc5c4c32)cc1. The number of fused-ring (bicyclic) bond motifs is 16. The van der Waals surface area contributed by atoms with Gasteiger partial charge < -0.3 is 4.57 Å². The summed E-state index contributed by atoms with van der Waals surface area (Å²) in [6.45, 7) is 0. The lowest BCUT2D eigenvalue weighted by Gasteiger charge is -2.15. The standard InChI is InChI=1S/C56H33NS/c1-2-14-39(15-3-1)57-51-28-22-35-12-5-7-17-42(35)54(51)47-27-26-45-43-18-8-9-19-44(43)48-31-36(21-25-46(48)55(45)56(47)57)37-23-29-52-49(32-37)50-33-38(24-30-53(50)58-52)41-20-10-13-34-11-4-6-16-40(34)41/h1-33H. The second kappa shape index (κ2) is 12.1. The topological polar surface area (TPSA) is 4.93 Å². The molecule has 2 aromatic heterocycles. The summed E-state index contributed by atoms with van der Waals surface area (Å²) < 4.78 is 5.14. The molecule has 1 nitrogen and oxygen atoms in total. The first-order valence-electron chi connectivity index (χ1n) is 20.0. The Morgan fingerprint density at radius 2 is 0.862 bits per heavy atom. The zero-order valence-corrected chi connectivity index (χ0v) is 32.2. The van der Waals surface area contributed by atoms with Crippen molar-refractivity contribution in [2.75, 3.05) is 0 Å². The van der Waals surface area contributed by atoms with E-state index in [2.05, 4.69) is 205 Å². The minimum absolute atomic E-state index is 1.17. The van der Waals surface area contributed by atoms with Crippen molar-refractivity contribution in [3.63, 3.8) is 0 Å². The molecule has 13 rings (SSSR count). The Morgan fingerprint density at radius 1 is 0.310 bits per heavy atom. The number of para-hydroxylation sites is 1. The summed E-state index contributed by atoms with van der Waals surface area (Å²) in [5, 5.41) is 18.0. The Labute approximate surface area is 338 Å². The normalized spacial score (nSPS) is 12.1. The predicted octanol–water partition coefficient (Wildman–Crippen LogP) is 16.3. The van der Waals surface area contributed by atoms with E-state index in [4.69, 9.17) is 0 Å². The summed E-state index contributed by atoms with van der Waals surface area (Å²) in [4.78, 5) is 0. The number of nitrogens with zero attached hydrogens (tertiary/aromatic N) is 1. The largest absolute Gasteiger partial charge is 0.309 e. The van der Waals surface area contributed by atoms with E-state index in [-0.39, 0.29) is 0 Å². The van der Waals surface area contributed by atoms with Gasteiger partial charge in [-0.05, 0) is 119 Å². The highest BCUT2D eigenvalue weighted by molar-refractivity contribution is 7.25. The van der Waals surface area contributed by atoms with E-state index in [1.165, 1.54) is 124 Å². The van der Waals surface area contributed by atoms with Crippen LogP contribution in [-0.2, 0) is 0 Å². The van der Waals surface area contributed by atoms with Crippen molar-refractivity contribution in [1.29, 1.82) is 0 Å². The van der Waals surface area contributed by atoms with Crippen molar-refractivity contribution < 1.29 is 0 Å². The van der Waals surface area contributed by atoms with Crippen LogP contribution in [0, 0.1) is 0 Å². The first-order valence-corrected chi connectivity index (χ1v) is 20.8. The van der Waals surface area contributed by atoms with Gasteiger partial charge in [-0.2, -0.15) is 0 Å². The molecule has 0 radical (unpaired) electrons. The van der Waals surface area contributed by atoms with Crippen molar-refractivity contribution in [3.8, 4) is 27.9 Å². The van der Waals surface area contributed by atoms with E-state index in [1.807, 2.05) is 11.3 Å². The van der Waals surface area contributed by atoms with Crippen molar-refractivity contribution in [2.24, 2.45) is 0 Å². The quantitative estimate of drug-likeness (QED) is 0.158. The third-order valence-electron chi connectivity index (χ3n) is 12.5. The minimum Gasteiger partial charge on any atom is -0.309 e. The molecule has 0 spiro atoms. The molecule has 0 saturated carbocycles. The molecule has 0 aliphatic carbocycles. The maximum atomic E-state index is 2.50. The third kappa shape index (κ3) is 4.52. The lowest BCUT2D eigenvalue weighted by Crippen LogP contribution is -1.95. The van der Waals surface area contributed by atoms with E-state index in [0.717, 1.165) is 0 Å². The lowest BCUT2D eigenvalue weighted by molar-refractivity contribution is 1.19. The predicted molar refractivity (Wildman–Crippen MR) is 252 cm³/mol. The molecule has 0 fully saturated rings. The van der Waals surface area contributed by atoms with Crippen LogP contribution in [0.3, 0.4) is 0 Å². The zero-order valence-electron chi connectivity index (χ0n) is 31.4. The number of aromatic nitrogens is 1. The summed E-state index contributed by atoms with van der Waals surface area (Å²) in [6, 6.07) is 74.5. The molecule has 2 heteroatoms. The summed E-state index contributed by atoms with van der Waals surface area (Å²) in [6.07, 6.45) is 0. The van der Waals surface area contributed by atoms with E-state index in [1.54, 1.807) is 0 Å². The van der Waals surface area contributed by atoms with Crippen LogP contribution in [0.2, 0.25) is 0 Å². The Morgan fingerprint density at radius 3 is 1.66 bits per heavy atom. The molecule has 13 aromatic rings. The summed E-state index contributed by atoms with van der Waals surface area (Å²) in [5.74, 6) is 0. The van der Waals surface area contributed by atoms with Crippen molar-refractivity contribution >= 4 is 107 Å². The number of hydrogen-bond acceptors (Lipinski definition) is 1. The lowest BCUT2D eigenvalue weighted by atomic mass is 9.90. The Kier molecular flexibility index (Phi) is 6.66. The number of rotatable bonds is 3. The average molecular weight is 752 g/mol. The van der Waals surface area contributed by atoms with Gasteiger partial charge in [0, 0.05) is 42.0 Å². The van der Waals surface area contributed by atoms with E-state index >= 15 is 0 Å². The maximum Gasteiger partial charge on any atom is 0.0626 e. The van der Waals surface area contributed by atoms with Crippen LogP contribution in [-0.4, -0.2) is 4.57 Å². The van der Waals surface area contributed by atoms with Crippen LogP contribution in [0.4, 0.5) is 0 Å². The molecular weight excluding hydrogens is 719 g/mol. The highest BCUT2D eigenvalue weighted by atomic mass is 32.1. The van der Waals surface area contributed by atoms with Crippen LogP contribution in [0.1, 0.15) is 0 Å². The van der Waals surface area contributed by atoms with Crippen LogP contribution < -0.4 is 0 Å². The van der Waals surface area contributed by atoms with Gasteiger partial charge in [0.05, 0.1) is 11.0 Å². The summed E-state index contributed by atoms with van der Waals surface area (Å²) >= 11 is 1.88. The molecule has 0 saturated heterocycles. The fraction of sp³-hybridized carbons (Fsp3) is 0. The maximum absolute atomic E-state index is 2.50. The van der Waals surface area contributed by atoms with E-state index in [9.17, 15) is 0 Å². The van der Waals surface area contributed by atoms with Crippen molar-refractivity contribution in [1.82, 2.24) is 4.57 Å². The Balaban J connectivity index is 1.08. The molecule has 0 aliphatic rings. The van der Waals surface area contributed by atoms with Crippen LogP contribution >= 0.6 is 11.3 Å². The van der Waals surface area contributed by atoms with Gasteiger partial charge in [-0.25, -0.2) is 0 Å². The Hall–Kier alpha value is -7.26. The summed E-state index contributed by atoms with van der Waals surface area (Å²) in [7, 11) is 0. The van der Waals surface area contributed by atoms with Gasteiger partial charge >= 0.3 is 0 Å². The zero-order chi connectivity index (χ0) is 37.9. The molecule has 0 aliphatic heterocycles. The van der Waals surface area contributed by atoms with E-state index < -0.39 is 0 Å². The summed E-state index contributed by atoms with van der Waals surface area (Å²) in [5.41, 5.74) is 8.64. The van der Waals surface area contributed by atoms with Gasteiger partial charge in [-0.3, -0.25) is 0 Å². The van der Waals surface area contributed by atoms with Gasteiger partial charge in [0.2, 0.25) is 0 Å². The molecule has 0 N–H and O–H groups in total. The third-order valence-corrected chi connectivity index (χ3v) is 13.7. The molecule has 2 heterocycles. The van der Waals surface area contributed by atoms with Gasteiger partial charge in [0.1, 0.15) is 0 Å².